The highest BCUT2D eigenvalue weighted by Gasteiger charge is 2.42. The third kappa shape index (κ3) is 1.73. The lowest BCUT2D eigenvalue weighted by atomic mass is 10.1. The molecule has 0 aliphatic carbocycles. The van der Waals surface area contributed by atoms with E-state index < -0.39 is 5.91 Å². The second-order valence-electron chi connectivity index (χ2n) is 4.01. The molecular weight excluding hydrogens is 212 g/mol. The van der Waals surface area contributed by atoms with E-state index in [2.05, 4.69) is 0 Å². The first-order chi connectivity index (χ1) is 7.63. The lowest BCUT2D eigenvalue weighted by Crippen LogP contribution is -2.59. The second kappa shape index (κ2) is 4.09. The van der Waals surface area contributed by atoms with Gasteiger partial charge in [-0.15, -0.1) is 0 Å². The Hall–Kier alpha value is -1.63. The zero-order valence-corrected chi connectivity index (χ0v) is 8.81. The molecule has 2 heterocycles. The van der Waals surface area contributed by atoms with Gasteiger partial charge in [-0.2, -0.15) is 0 Å². The van der Waals surface area contributed by atoms with E-state index in [9.17, 15) is 14.4 Å². The zero-order chi connectivity index (χ0) is 11.7. The Labute approximate surface area is 92.5 Å². The highest BCUT2D eigenvalue weighted by atomic mass is 16.2. The highest BCUT2D eigenvalue weighted by Crippen LogP contribution is 2.23. The average molecular weight is 226 g/mol. The molecule has 88 valence electrons. The van der Waals surface area contributed by atoms with Crippen molar-refractivity contribution in [2.45, 2.75) is 18.9 Å². The molecule has 0 radical (unpaired) electrons. The smallest absolute Gasteiger partial charge is 0.253 e. The summed E-state index contributed by atoms with van der Waals surface area (Å²) < 4.78 is 0. The van der Waals surface area contributed by atoms with E-state index in [1.54, 1.807) is 4.90 Å². The van der Waals surface area contributed by atoms with E-state index in [0.717, 1.165) is 6.42 Å². The maximum Gasteiger partial charge on any atom is 0.253 e. The molecule has 2 aliphatic rings. The van der Waals surface area contributed by atoms with Crippen molar-refractivity contribution < 1.29 is 14.4 Å². The first kappa shape index (κ1) is 10.9. The molecule has 2 saturated heterocycles. The van der Waals surface area contributed by atoms with Crippen LogP contribution in [-0.2, 0) is 14.4 Å². The predicted molar refractivity (Wildman–Crippen MR) is 53.6 cm³/mol. The fraction of sp³-hybridized carbons (Fsp3) is 0.667. The Morgan fingerprint density at radius 1 is 1.50 bits per heavy atom. The van der Waals surface area contributed by atoms with Crippen LogP contribution in [0.2, 0.25) is 0 Å². The van der Waals surface area contributed by atoms with Crippen LogP contribution in [0.5, 0.6) is 0 Å². The van der Waals surface area contributed by atoms with Crippen LogP contribution in [-0.4, -0.2) is 53.2 Å². The summed E-state index contributed by atoms with van der Waals surface area (Å²) >= 11 is 0. The van der Waals surface area contributed by atoms with E-state index in [1.807, 2.05) is 5.43 Å². The summed E-state index contributed by atoms with van der Waals surface area (Å²) in [5, 5.41) is 0. The molecule has 2 aliphatic heterocycles. The van der Waals surface area contributed by atoms with E-state index in [1.165, 1.54) is 4.90 Å². The Bertz CT molecular complexity index is 344. The number of nitrogens with one attached hydrogen (secondary N) is 1. The van der Waals surface area contributed by atoms with Crippen LogP contribution in [0, 0.1) is 0 Å². The monoisotopic (exact) mass is 226 g/mol. The molecule has 3 amide bonds. The number of fused-ring (bicyclic) bond motifs is 1. The van der Waals surface area contributed by atoms with Crippen LogP contribution in [0.4, 0.5) is 0 Å². The number of hydrogen-bond donors (Lipinski definition) is 2. The maximum atomic E-state index is 11.9. The third-order valence-electron chi connectivity index (χ3n) is 2.99. The molecule has 0 aromatic carbocycles. The van der Waals surface area contributed by atoms with Crippen molar-refractivity contribution in [1.29, 1.82) is 0 Å². The van der Waals surface area contributed by atoms with Crippen molar-refractivity contribution in [2.24, 2.45) is 5.84 Å². The molecule has 0 bridgehead atoms. The Morgan fingerprint density at radius 2 is 2.25 bits per heavy atom. The van der Waals surface area contributed by atoms with E-state index in [4.69, 9.17) is 5.84 Å². The van der Waals surface area contributed by atoms with Gasteiger partial charge in [-0.05, 0) is 12.8 Å². The van der Waals surface area contributed by atoms with Crippen LogP contribution in [0.3, 0.4) is 0 Å². The fourth-order valence-corrected chi connectivity index (χ4v) is 2.22. The standard InChI is InChI=1S/C9H14N4O3/c10-11-7(14)4-12-5-8(15)13-3-1-2-6(13)9(12)16/h6H,1-5,10H2,(H,11,14). The number of nitrogens with two attached hydrogens (primary N) is 1. The van der Waals surface area contributed by atoms with Crippen LogP contribution in [0.15, 0.2) is 0 Å². The minimum Gasteiger partial charge on any atom is -0.329 e. The third-order valence-corrected chi connectivity index (χ3v) is 2.99. The molecule has 0 spiro atoms. The number of carbonyl (C=O) groups is 3. The largest absolute Gasteiger partial charge is 0.329 e. The molecule has 2 fully saturated rings. The number of carbonyl (C=O) groups excluding carboxylic acids is 3. The van der Waals surface area contributed by atoms with Gasteiger partial charge in [0.2, 0.25) is 11.8 Å². The Kier molecular flexibility index (Phi) is 2.78. The normalized spacial score (nSPS) is 24.7. The van der Waals surface area contributed by atoms with Crippen molar-refractivity contribution >= 4 is 17.7 Å². The molecule has 7 heteroatoms. The summed E-state index contributed by atoms with van der Waals surface area (Å²) in [5.41, 5.74) is 1.95. The molecular formula is C9H14N4O3. The van der Waals surface area contributed by atoms with Crippen molar-refractivity contribution in [3.05, 3.63) is 0 Å². The lowest BCUT2D eigenvalue weighted by molar-refractivity contribution is -0.154. The summed E-state index contributed by atoms with van der Waals surface area (Å²) in [6.45, 7) is 0.473. The van der Waals surface area contributed by atoms with Gasteiger partial charge in [0.05, 0.1) is 0 Å². The van der Waals surface area contributed by atoms with Crippen molar-refractivity contribution in [3.8, 4) is 0 Å². The summed E-state index contributed by atoms with van der Waals surface area (Å²) in [6, 6.07) is -0.369. The number of rotatable bonds is 2. The van der Waals surface area contributed by atoms with Crippen LogP contribution in [0.25, 0.3) is 0 Å². The van der Waals surface area contributed by atoms with Gasteiger partial charge in [0.25, 0.3) is 5.91 Å². The van der Waals surface area contributed by atoms with Gasteiger partial charge in [-0.1, -0.05) is 0 Å². The molecule has 2 rings (SSSR count). The number of piperazine rings is 1. The van der Waals surface area contributed by atoms with Gasteiger partial charge in [0.1, 0.15) is 19.1 Å². The molecule has 0 aromatic rings. The van der Waals surface area contributed by atoms with Crippen LogP contribution in [0.1, 0.15) is 12.8 Å². The molecule has 1 unspecified atom stereocenters. The van der Waals surface area contributed by atoms with Gasteiger partial charge >= 0.3 is 0 Å². The molecule has 3 N–H and O–H groups in total. The summed E-state index contributed by atoms with van der Waals surface area (Å²) in [7, 11) is 0. The first-order valence-electron chi connectivity index (χ1n) is 5.21. The summed E-state index contributed by atoms with van der Waals surface area (Å²) in [5.74, 6) is 4.24. The molecule has 0 aromatic heterocycles. The predicted octanol–water partition coefficient (Wildman–Crippen LogP) is -2.19. The second-order valence-corrected chi connectivity index (χ2v) is 4.01. The quantitative estimate of drug-likeness (QED) is 0.317. The fourth-order valence-electron chi connectivity index (χ4n) is 2.22. The minimum absolute atomic E-state index is 0.0250. The van der Waals surface area contributed by atoms with Gasteiger partial charge in [-0.25, -0.2) is 5.84 Å². The first-order valence-corrected chi connectivity index (χ1v) is 5.21. The summed E-state index contributed by atoms with van der Waals surface area (Å²) in [4.78, 5) is 37.5. The highest BCUT2D eigenvalue weighted by molar-refractivity contribution is 5.97. The van der Waals surface area contributed by atoms with E-state index in [-0.39, 0.29) is 30.9 Å². The number of nitrogens with zero attached hydrogens (tertiary/aromatic N) is 2. The van der Waals surface area contributed by atoms with Crippen LogP contribution < -0.4 is 11.3 Å². The SMILES string of the molecule is NNC(=O)CN1CC(=O)N2CCCC2C1=O. The van der Waals surface area contributed by atoms with Crippen molar-refractivity contribution in [3.63, 3.8) is 0 Å². The number of hydrazine groups is 1. The van der Waals surface area contributed by atoms with E-state index in [0.29, 0.717) is 13.0 Å². The van der Waals surface area contributed by atoms with Crippen molar-refractivity contribution in [2.75, 3.05) is 19.6 Å². The van der Waals surface area contributed by atoms with Gasteiger partial charge in [0, 0.05) is 6.54 Å². The maximum absolute atomic E-state index is 11.9. The topological polar surface area (TPSA) is 95.7 Å². The van der Waals surface area contributed by atoms with Gasteiger partial charge < -0.3 is 9.80 Å². The summed E-state index contributed by atoms with van der Waals surface area (Å²) in [6.07, 6.45) is 1.53. The minimum atomic E-state index is -0.465. The van der Waals surface area contributed by atoms with Gasteiger partial charge in [-0.3, -0.25) is 19.8 Å². The molecule has 1 atom stereocenters. The molecule has 7 nitrogen and oxygen atoms in total. The lowest BCUT2D eigenvalue weighted by Gasteiger charge is -2.35. The van der Waals surface area contributed by atoms with Crippen LogP contribution >= 0.6 is 0 Å². The van der Waals surface area contributed by atoms with Crippen molar-refractivity contribution in [1.82, 2.24) is 15.2 Å². The van der Waals surface area contributed by atoms with E-state index >= 15 is 0 Å². The number of amides is 3. The molecule has 16 heavy (non-hydrogen) atoms. The molecule has 0 saturated carbocycles. The van der Waals surface area contributed by atoms with Gasteiger partial charge in [0.15, 0.2) is 0 Å². The average Bonchev–Trinajstić information content (AvgIpc) is 2.74. The Balaban J connectivity index is 2.08. The number of hydrogen-bond acceptors (Lipinski definition) is 4. The Morgan fingerprint density at radius 3 is 2.94 bits per heavy atom. The zero-order valence-electron chi connectivity index (χ0n) is 8.81.